The van der Waals surface area contributed by atoms with Crippen LogP contribution in [0.25, 0.3) is 0 Å². The predicted octanol–water partition coefficient (Wildman–Crippen LogP) is -10.0. The Balaban J connectivity index is 1.43. The Morgan fingerprint density at radius 3 is 1.09 bits per heavy atom. The minimum absolute atomic E-state index is 0.147. The van der Waals surface area contributed by atoms with E-state index in [4.69, 9.17) is 79.0 Å². The highest BCUT2D eigenvalue weighted by atomic mass is 16.7. The zero-order valence-corrected chi connectivity index (χ0v) is 24.5. The van der Waals surface area contributed by atoms with Crippen molar-refractivity contribution >= 4 is 0 Å². The number of rotatable bonds is 10. The van der Waals surface area contributed by atoms with Gasteiger partial charge in [0.2, 0.25) is 0 Å². The zero-order chi connectivity index (χ0) is 33.3. The molecule has 0 amide bonds. The first-order chi connectivity index (χ1) is 21.3. The van der Waals surface area contributed by atoms with Crippen molar-refractivity contribution in [1.82, 2.24) is 0 Å². The molecule has 0 bridgehead atoms. The lowest BCUT2D eigenvalue weighted by Crippen LogP contribution is -2.70. The molecule has 4 aliphatic rings. The molecule has 22 N–H and O–H groups in total. The first-order valence-corrected chi connectivity index (χ1v) is 14.8. The molecule has 21 nitrogen and oxygen atoms in total. The Labute approximate surface area is 258 Å². The highest BCUT2D eigenvalue weighted by Gasteiger charge is 2.53. The van der Waals surface area contributed by atoms with Crippen LogP contribution < -0.4 is 45.9 Å². The highest BCUT2D eigenvalue weighted by molar-refractivity contribution is 5.00. The van der Waals surface area contributed by atoms with Crippen LogP contribution in [0.3, 0.4) is 0 Å². The smallest absolute Gasteiger partial charge is 0.176 e. The van der Waals surface area contributed by atoms with Gasteiger partial charge in [0.15, 0.2) is 25.2 Å². The topological polar surface area (TPSA) is 394 Å². The highest BCUT2D eigenvalue weighted by Crippen LogP contribution is 2.32. The molecule has 4 saturated heterocycles. The normalized spacial score (nSPS) is 52.9. The quantitative estimate of drug-likeness (QED) is 0.103. The Kier molecular flexibility index (Phi) is 12.8. The number of hydrogen-bond donors (Lipinski definition) is 14. The van der Waals surface area contributed by atoms with E-state index in [0.717, 1.165) is 0 Å². The van der Waals surface area contributed by atoms with Gasteiger partial charge in [0.1, 0.15) is 73.2 Å². The molecule has 0 radical (unpaired) electrons. The van der Waals surface area contributed by atoms with Crippen molar-refractivity contribution in [3.05, 3.63) is 0 Å². The lowest BCUT2D eigenvalue weighted by molar-refractivity contribution is -0.352. The van der Waals surface area contributed by atoms with Gasteiger partial charge in [-0.25, -0.2) is 0 Å². The summed E-state index contributed by atoms with van der Waals surface area (Å²) >= 11 is 0. The molecule has 0 aromatic heterocycles. The van der Waals surface area contributed by atoms with Gasteiger partial charge in [-0.15, -0.1) is 0 Å². The summed E-state index contributed by atoms with van der Waals surface area (Å²) in [4.78, 5) is 0. The summed E-state index contributed by atoms with van der Waals surface area (Å²) < 4.78 is 40.5. The van der Waals surface area contributed by atoms with Crippen LogP contribution in [0.5, 0.6) is 0 Å². The van der Waals surface area contributed by atoms with Crippen LogP contribution in [0, 0.1) is 0 Å². The summed E-state index contributed by atoms with van der Waals surface area (Å²) in [5.41, 5.74) is 47.5. The molecule has 0 aliphatic carbocycles. The van der Waals surface area contributed by atoms with E-state index >= 15 is 0 Å². The molecule has 0 spiro atoms. The average Bonchev–Trinajstić information content (AvgIpc) is 3.03. The van der Waals surface area contributed by atoms with Crippen LogP contribution in [0.4, 0.5) is 0 Å². The lowest BCUT2D eigenvalue weighted by atomic mass is 9.93. The molecule has 8 unspecified atom stereocenters. The molecular formula is C24H50N8O13. The monoisotopic (exact) mass is 658 g/mol. The minimum Gasteiger partial charge on any atom is -0.388 e. The number of ether oxygens (including phenoxy) is 7. The Morgan fingerprint density at radius 2 is 0.711 bits per heavy atom. The molecule has 4 heterocycles. The second-order valence-electron chi connectivity index (χ2n) is 11.7. The van der Waals surface area contributed by atoms with Crippen LogP contribution in [0.15, 0.2) is 0 Å². The van der Waals surface area contributed by atoms with Crippen LogP contribution in [0.1, 0.15) is 0 Å². The second-order valence-corrected chi connectivity index (χ2v) is 11.7. The largest absolute Gasteiger partial charge is 0.388 e. The molecule has 4 aliphatic heterocycles. The molecule has 0 aromatic rings. The van der Waals surface area contributed by atoms with Gasteiger partial charge >= 0.3 is 0 Å². The summed E-state index contributed by atoms with van der Waals surface area (Å²) in [7, 11) is 0. The van der Waals surface area contributed by atoms with Crippen molar-refractivity contribution in [2.45, 2.75) is 123 Å². The summed E-state index contributed by atoms with van der Waals surface area (Å²) in [5.74, 6) is 0. The predicted molar refractivity (Wildman–Crippen MR) is 150 cm³/mol. The summed E-state index contributed by atoms with van der Waals surface area (Å²) in [6, 6.07) is -5.00. The average molecular weight is 659 g/mol. The third-order valence-corrected chi connectivity index (χ3v) is 8.73. The van der Waals surface area contributed by atoms with E-state index in [1.165, 1.54) is 0 Å². The molecule has 21 heteroatoms. The van der Waals surface area contributed by atoms with E-state index in [1.54, 1.807) is 0 Å². The standard InChI is InChI=1S/C24H50N8O13/c25-1-5-13(33)14(34)10(30)22(40-5)44-19-7(3-27)42-24(12(32)16(19)36)45-20-8(4-28)41-23(11(31)17(20)37)43-18-6(2-26)39-21(38)9(29)15(18)35/h5-24,33-38H,1-4,25-32H2/t5?,6?,7?,8?,9-,10-,11-,12-,13+,14?,15?,16?,17?,18+,19+,20+,21-,22+,23+,24+/m0/s1. The van der Waals surface area contributed by atoms with Crippen LogP contribution in [-0.4, -0.2) is 179 Å². The molecule has 0 saturated carbocycles. The van der Waals surface area contributed by atoms with Crippen molar-refractivity contribution in [2.24, 2.45) is 45.9 Å². The van der Waals surface area contributed by atoms with Crippen molar-refractivity contribution < 1.29 is 63.8 Å². The minimum atomic E-state index is -1.50. The van der Waals surface area contributed by atoms with Crippen LogP contribution >= 0.6 is 0 Å². The fraction of sp³-hybridized carbons (Fsp3) is 1.00. The SMILES string of the molecule is NCC1O[C@H](O[C@@H]2C(CN)O[C@H](O[C@@H]3C(CN)O[C@H](O[C@@H]4C(CN)O[C@H](O)[C@@H](N)C4O)[C@@H](N)C3O)[C@@H](N)C2O)[C@@H](N)C(O)[C@@H]1O. The molecule has 0 aromatic carbocycles. The van der Waals surface area contributed by atoms with Gasteiger partial charge in [-0.05, 0) is 0 Å². The van der Waals surface area contributed by atoms with E-state index in [1.807, 2.05) is 0 Å². The lowest BCUT2D eigenvalue weighted by Gasteiger charge is -2.50. The van der Waals surface area contributed by atoms with Gasteiger partial charge in [0.05, 0.1) is 24.2 Å². The number of hydrogen-bond acceptors (Lipinski definition) is 21. The molecule has 4 rings (SSSR count). The maximum atomic E-state index is 11.2. The van der Waals surface area contributed by atoms with Gasteiger partial charge in [0.25, 0.3) is 0 Å². The summed E-state index contributed by atoms with van der Waals surface area (Å²) in [5, 5.41) is 63.3. The fourth-order valence-corrected chi connectivity index (χ4v) is 5.89. The maximum Gasteiger partial charge on any atom is 0.176 e. The van der Waals surface area contributed by atoms with E-state index in [-0.39, 0.29) is 26.2 Å². The van der Waals surface area contributed by atoms with Crippen molar-refractivity contribution in [3.8, 4) is 0 Å². The Hall–Kier alpha value is -0.840. The molecule has 4 fully saturated rings. The van der Waals surface area contributed by atoms with Crippen molar-refractivity contribution in [3.63, 3.8) is 0 Å². The summed E-state index contributed by atoms with van der Waals surface area (Å²) in [6.45, 7) is -0.707. The molecule has 264 valence electrons. The van der Waals surface area contributed by atoms with Crippen LogP contribution in [0.2, 0.25) is 0 Å². The van der Waals surface area contributed by atoms with Gasteiger partial charge in [0, 0.05) is 26.2 Å². The Bertz CT molecular complexity index is 930. The first-order valence-electron chi connectivity index (χ1n) is 14.8. The van der Waals surface area contributed by atoms with Crippen molar-refractivity contribution in [1.29, 1.82) is 0 Å². The molecular weight excluding hydrogens is 608 g/mol. The third kappa shape index (κ3) is 7.44. The number of aliphatic hydroxyl groups excluding tert-OH is 6. The fourth-order valence-electron chi connectivity index (χ4n) is 5.89. The van der Waals surface area contributed by atoms with E-state index in [0.29, 0.717) is 0 Å². The van der Waals surface area contributed by atoms with Crippen molar-refractivity contribution in [2.75, 3.05) is 26.2 Å². The number of nitrogens with two attached hydrogens (primary N) is 8. The summed E-state index contributed by atoms with van der Waals surface area (Å²) in [6.07, 6.45) is -20.4. The zero-order valence-electron chi connectivity index (χ0n) is 24.5. The van der Waals surface area contributed by atoms with Gasteiger partial charge in [-0.2, -0.15) is 0 Å². The maximum absolute atomic E-state index is 11.2. The third-order valence-electron chi connectivity index (χ3n) is 8.73. The first kappa shape index (κ1) is 37.0. The van der Waals surface area contributed by atoms with Gasteiger partial charge < -0.3 is 110 Å². The molecule has 20 atom stereocenters. The second kappa shape index (κ2) is 15.6. The van der Waals surface area contributed by atoms with Gasteiger partial charge in [-0.3, -0.25) is 0 Å². The Morgan fingerprint density at radius 1 is 0.400 bits per heavy atom. The van der Waals surface area contributed by atoms with Gasteiger partial charge in [-0.1, -0.05) is 0 Å². The van der Waals surface area contributed by atoms with Crippen LogP contribution in [-0.2, 0) is 33.2 Å². The van der Waals surface area contributed by atoms with E-state index in [9.17, 15) is 30.6 Å². The van der Waals surface area contributed by atoms with E-state index < -0.39 is 123 Å². The number of aliphatic hydroxyl groups is 6. The van der Waals surface area contributed by atoms with E-state index in [2.05, 4.69) is 0 Å². The molecule has 45 heavy (non-hydrogen) atoms.